The van der Waals surface area contributed by atoms with E-state index in [-0.39, 0.29) is 6.04 Å². The van der Waals surface area contributed by atoms with Gasteiger partial charge in [0.15, 0.2) is 0 Å². The summed E-state index contributed by atoms with van der Waals surface area (Å²) in [5.74, 6) is 0.753. The van der Waals surface area contributed by atoms with Crippen LogP contribution in [0, 0.1) is 11.3 Å². The predicted molar refractivity (Wildman–Crippen MR) is 102 cm³/mol. The van der Waals surface area contributed by atoms with E-state index in [1.54, 1.807) is 6.20 Å². The first-order chi connectivity index (χ1) is 12.8. The van der Waals surface area contributed by atoms with Crippen LogP contribution in [0.1, 0.15) is 34.7 Å². The number of anilines is 1. The summed E-state index contributed by atoms with van der Waals surface area (Å²) < 4.78 is 1.93. The second kappa shape index (κ2) is 5.76. The molecule has 0 bridgehead atoms. The maximum absolute atomic E-state index is 9.49. The highest BCUT2D eigenvalue weighted by Gasteiger charge is 2.34. The first-order valence-corrected chi connectivity index (χ1v) is 8.95. The second-order valence-corrected chi connectivity index (χ2v) is 7.04. The Hall–Kier alpha value is -3.03. The summed E-state index contributed by atoms with van der Waals surface area (Å²) in [4.78, 5) is 0. The summed E-state index contributed by atoms with van der Waals surface area (Å²) >= 11 is 6.09. The van der Waals surface area contributed by atoms with E-state index in [9.17, 15) is 5.26 Å². The van der Waals surface area contributed by atoms with Crippen molar-refractivity contribution in [1.29, 1.82) is 5.26 Å². The third-order valence-corrected chi connectivity index (χ3v) is 5.44. The Morgan fingerprint density at radius 2 is 1.92 bits per heavy atom. The predicted octanol–water partition coefficient (Wildman–Crippen LogP) is 4.78. The van der Waals surface area contributed by atoms with Crippen LogP contribution in [0.15, 0.2) is 60.3 Å². The number of allylic oxidation sites excluding steroid dienone is 1. The molecule has 0 saturated carbocycles. The largest absolute Gasteiger partial charge is 0.339 e. The molecule has 3 aromatic rings. The number of aryl methyl sites for hydroxylation is 1. The Balaban J connectivity index is 1.76. The van der Waals surface area contributed by atoms with Crippen LogP contribution in [-0.2, 0) is 6.42 Å². The summed E-state index contributed by atoms with van der Waals surface area (Å²) in [5, 5.41) is 18.2. The number of benzene rings is 2. The number of aromatic nitrogens is 2. The molecular weight excluding hydrogens is 344 g/mol. The molecule has 2 aromatic carbocycles. The van der Waals surface area contributed by atoms with Crippen LogP contribution >= 0.6 is 11.6 Å². The number of hydrogen-bond donors (Lipinski definition) is 1. The molecule has 1 aliphatic heterocycles. The number of halogens is 1. The topological polar surface area (TPSA) is 53.6 Å². The van der Waals surface area contributed by atoms with Gasteiger partial charge in [0.25, 0.3) is 0 Å². The number of nitrogens with one attached hydrogen (secondary N) is 1. The number of rotatable bonds is 1. The van der Waals surface area contributed by atoms with Crippen molar-refractivity contribution < 1.29 is 0 Å². The normalized spacial score (nSPS) is 17.6. The Bertz CT molecular complexity index is 1090. The van der Waals surface area contributed by atoms with Crippen LogP contribution in [0.3, 0.4) is 0 Å². The van der Waals surface area contributed by atoms with E-state index in [1.165, 1.54) is 16.7 Å². The Kier molecular flexibility index (Phi) is 3.37. The van der Waals surface area contributed by atoms with E-state index in [0.29, 0.717) is 10.6 Å². The van der Waals surface area contributed by atoms with Crippen molar-refractivity contribution in [3.8, 4) is 6.07 Å². The van der Waals surface area contributed by atoms with Gasteiger partial charge in [-0.2, -0.15) is 10.4 Å². The van der Waals surface area contributed by atoms with Crippen LogP contribution in [0.5, 0.6) is 0 Å². The van der Waals surface area contributed by atoms with Crippen molar-refractivity contribution in [1.82, 2.24) is 9.78 Å². The summed E-state index contributed by atoms with van der Waals surface area (Å²) in [5.41, 5.74) is 6.63. The molecule has 1 N–H and O–H groups in total. The second-order valence-electron chi connectivity index (χ2n) is 6.60. The highest BCUT2D eigenvalue weighted by Crippen LogP contribution is 2.45. The van der Waals surface area contributed by atoms with Gasteiger partial charge in [0.2, 0.25) is 0 Å². The van der Waals surface area contributed by atoms with Gasteiger partial charge >= 0.3 is 0 Å². The van der Waals surface area contributed by atoms with Crippen molar-refractivity contribution in [2.45, 2.75) is 18.9 Å². The Morgan fingerprint density at radius 3 is 2.73 bits per heavy atom. The van der Waals surface area contributed by atoms with Gasteiger partial charge in [0.05, 0.1) is 6.20 Å². The lowest BCUT2D eigenvalue weighted by Gasteiger charge is -2.35. The van der Waals surface area contributed by atoms with Gasteiger partial charge in [-0.15, -0.1) is 0 Å². The zero-order valence-corrected chi connectivity index (χ0v) is 14.7. The van der Waals surface area contributed by atoms with E-state index in [0.717, 1.165) is 29.9 Å². The average Bonchev–Trinajstić information content (AvgIpc) is 3.09. The van der Waals surface area contributed by atoms with Crippen molar-refractivity contribution in [3.63, 3.8) is 0 Å². The van der Waals surface area contributed by atoms with Crippen LogP contribution in [0.4, 0.5) is 5.82 Å². The molecule has 1 aliphatic carbocycles. The highest BCUT2D eigenvalue weighted by molar-refractivity contribution is 6.30. The van der Waals surface area contributed by atoms with Gasteiger partial charge < -0.3 is 5.32 Å². The van der Waals surface area contributed by atoms with Gasteiger partial charge in [-0.3, -0.25) is 0 Å². The van der Waals surface area contributed by atoms with Gasteiger partial charge in [-0.25, -0.2) is 4.68 Å². The van der Waals surface area contributed by atoms with Crippen LogP contribution in [0.25, 0.3) is 5.70 Å². The Labute approximate surface area is 156 Å². The maximum Gasteiger partial charge on any atom is 0.147 e. The number of nitriles is 1. The molecule has 1 atom stereocenters. The lowest BCUT2D eigenvalue weighted by atomic mass is 9.83. The lowest BCUT2D eigenvalue weighted by molar-refractivity contribution is 0.563. The summed E-state index contributed by atoms with van der Waals surface area (Å²) in [6.45, 7) is 0. The SMILES string of the molecule is N#Cc1cnn2c1NC1=C(CCc3ccccc31)C2c1ccc(Cl)cc1. The molecule has 0 amide bonds. The molecule has 5 rings (SSSR count). The third-order valence-electron chi connectivity index (χ3n) is 5.19. The van der Waals surface area contributed by atoms with Crippen LogP contribution in [-0.4, -0.2) is 9.78 Å². The van der Waals surface area contributed by atoms with Gasteiger partial charge in [-0.1, -0.05) is 48.0 Å². The van der Waals surface area contributed by atoms with E-state index in [4.69, 9.17) is 11.6 Å². The molecule has 26 heavy (non-hydrogen) atoms. The summed E-state index contributed by atoms with van der Waals surface area (Å²) in [6, 6.07) is 18.6. The molecule has 0 spiro atoms. The molecule has 2 heterocycles. The molecule has 0 saturated heterocycles. The van der Waals surface area contributed by atoms with E-state index in [2.05, 4.69) is 40.8 Å². The van der Waals surface area contributed by atoms with E-state index in [1.807, 2.05) is 28.9 Å². The number of fused-ring (bicyclic) bond motifs is 3. The summed E-state index contributed by atoms with van der Waals surface area (Å²) in [7, 11) is 0. The molecule has 2 aliphatic rings. The molecular formula is C21H15ClN4. The average molecular weight is 359 g/mol. The quantitative estimate of drug-likeness (QED) is 0.681. The van der Waals surface area contributed by atoms with Crippen molar-refractivity contribution in [2.24, 2.45) is 0 Å². The van der Waals surface area contributed by atoms with Gasteiger partial charge in [0.1, 0.15) is 23.5 Å². The van der Waals surface area contributed by atoms with Crippen molar-refractivity contribution in [2.75, 3.05) is 5.32 Å². The Morgan fingerprint density at radius 1 is 1.12 bits per heavy atom. The molecule has 126 valence electrons. The fraction of sp³-hybridized carbons (Fsp3) is 0.143. The third kappa shape index (κ3) is 2.18. The van der Waals surface area contributed by atoms with Gasteiger partial charge in [-0.05, 0) is 41.7 Å². The smallest absolute Gasteiger partial charge is 0.147 e. The first kappa shape index (κ1) is 15.2. The van der Waals surface area contributed by atoms with Crippen molar-refractivity contribution in [3.05, 3.63) is 87.6 Å². The standard InChI is InChI=1S/C21H15ClN4/c22-16-8-5-14(6-9-16)20-18-10-7-13-3-1-2-4-17(13)19(18)25-21-15(11-23)12-24-26(20)21/h1-6,8-9,12,20,25H,7,10H2. The zero-order valence-electron chi connectivity index (χ0n) is 13.9. The zero-order chi connectivity index (χ0) is 17.7. The highest BCUT2D eigenvalue weighted by atomic mass is 35.5. The number of hydrogen-bond acceptors (Lipinski definition) is 3. The lowest BCUT2D eigenvalue weighted by Crippen LogP contribution is -2.27. The molecule has 5 heteroatoms. The van der Waals surface area contributed by atoms with E-state index >= 15 is 0 Å². The minimum Gasteiger partial charge on any atom is -0.339 e. The minimum atomic E-state index is -0.0334. The van der Waals surface area contributed by atoms with Crippen LogP contribution < -0.4 is 5.32 Å². The van der Waals surface area contributed by atoms with Gasteiger partial charge in [0, 0.05) is 16.3 Å². The molecule has 1 unspecified atom stereocenters. The van der Waals surface area contributed by atoms with Crippen LogP contribution in [0.2, 0.25) is 5.02 Å². The fourth-order valence-corrected chi connectivity index (χ4v) is 4.11. The minimum absolute atomic E-state index is 0.0334. The molecule has 0 radical (unpaired) electrons. The molecule has 4 nitrogen and oxygen atoms in total. The maximum atomic E-state index is 9.49. The van der Waals surface area contributed by atoms with E-state index < -0.39 is 0 Å². The number of nitrogens with zero attached hydrogens (tertiary/aromatic N) is 3. The fourth-order valence-electron chi connectivity index (χ4n) is 3.99. The summed E-state index contributed by atoms with van der Waals surface area (Å²) in [6.07, 6.45) is 3.59. The monoisotopic (exact) mass is 358 g/mol. The molecule has 0 fully saturated rings. The van der Waals surface area contributed by atoms with Crippen molar-refractivity contribution >= 4 is 23.1 Å². The molecule has 1 aromatic heterocycles. The first-order valence-electron chi connectivity index (χ1n) is 8.57.